The van der Waals surface area contributed by atoms with Crippen LogP contribution in [-0.2, 0) is 6.54 Å². The normalized spacial score (nSPS) is 45.2. The van der Waals surface area contributed by atoms with Crippen LogP contribution >= 0.6 is 0 Å². The van der Waals surface area contributed by atoms with Gasteiger partial charge < -0.3 is 5.11 Å². The Hall–Kier alpha value is -1.67. The first kappa shape index (κ1) is 20.9. The van der Waals surface area contributed by atoms with E-state index in [0.717, 1.165) is 36.5 Å². The molecule has 0 aromatic carbocycles. The lowest BCUT2D eigenvalue weighted by Crippen LogP contribution is -2.50. The average molecular weight is 435 g/mol. The van der Waals surface area contributed by atoms with E-state index in [-0.39, 0.29) is 0 Å². The third-order valence-electron chi connectivity index (χ3n) is 10.3. The maximum Gasteiger partial charge on any atom is 0.162 e. The molecule has 0 amide bonds. The Kier molecular flexibility index (Phi) is 5.02. The molecule has 5 aliphatic carbocycles. The van der Waals surface area contributed by atoms with Gasteiger partial charge in [0, 0.05) is 5.92 Å². The molecule has 0 bridgehead atoms. The molecule has 5 saturated carbocycles. The molecule has 0 aliphatic heterocycles. The molecule has 1 aromatic heterocycles. The van der Waals surface area contributed by atoms with Crippen LogP contribution in [0.4, 0.5) is 0 Å². The molecular formula is C27H38N4O. The molecule has 5 aliphatic rings. The van der Waals surface area contributed by atoms with Crippen LogP contribution in [0.1, 0.15) is 77.6 Å². The molecule has 6 rings (SSSR count). The zero-order valence-corrected chi connectivity index (χ0v) is 19.5. The second-order valence-electron chi connectivity index (χ2n) is 12.1. The number of hydrogen-bond acceptors (Lipinski definition) is 4. The number of rotatable bonds is 3. The molecule has 0 saturated heterocycles. The quantitative estimate of drug-likeness (QED) is 0.556. The highest BCUT2D eigenvalue weighted by molar-refractivity contribution is 5.21. The molecule has 1 heterocycles. The smallest absolute Gasteiger partial charge is 0.162 e. The molecule has 1 aromatic rings. The Morgan fingerprint density at radius 3 is 2.69 bits per heavy atom. The number of aliphatic hydroxyl groups is 1. The number of fused-ring (bicyclic) bond motifs is 5. The van der Waals surface area contributed by atoms with Crippen LogP contribution in [0.5, 0.6) is 0 Å². The standard InChI is InChI=1S/C27H38N4O/c1-18(16-31-29-17-28-30-31)24-7-8-25-23-6-5-20-15-27(32,13-9-19-3-4-19)14-11-21(20)22(23)10-12-26(24,25)2/h17,19-25,32H,1,3-8,10-12,14-16H2,2H3/t20-,21+,22-,23-,24-,25+,26-,27+/m1/s1. The predicted molar refractivity (Wildman–Crippen MR) is 123 cm³/mol. The minimum absolute atomic E-state index is 0.372. The third-order valence-corrected chi connectivity index (χ3v) is 10.3. The zero-order chi connectivity index (χ0) is 21.9. The van der Waals surface area contributed by atoms with Crippen molar-refractivity contribution in [3.8, 4) is 11.8 Å². The topological polar surface area (TPSA) is 63.8 Å². The SMILES string of the molecule is C=C(Cn1ncnn1)[C@H]1CC[C@H]2[C@@H]3CC[C@@H]4C[C@](O)(C#CC5CC5)CC[C@@H]4[C@H]3CC[C@]12C. The first-order valence-electron chi connectivity index (χ1n) is 13.1. The number of allylic oxidation sites excluding steroid dienone is 1. The van der Waals surface area contributed by atoms with E-state index in [4.69, 9.17) is 0 Å². The van der Waals surface area contributed by atoms with Crippen molar-refractivity contribution in [3.63, 3.8) is 0 Å². The van der Waals surface area contributed by atoms with Crippen molar-refractivity contribution < 1.29 is 5.11 Å². The minimum atomic E-state index is -0.703. The van der Waals surface area contributed by atoms with E-state index < -0.39 is 5.60 Å². The molecule has 1 N–H and O–H groups in total. The van der Waals surface area contributed by atoms with Gasteiger partial charge in [0.1, 0.15) is 5.60 Å². The number of tetrazole rings is 1. The molecule has 0 radical (unpaired) electrons. The van der Waals surface area contributed by atoms with Crippen LogP contribution in [-0.4, -0.2) is 30.9 Å². The summed E-state index contributed by atoms with van der Waals surface area (Å²) < 4.78 is 0. The van der Waals surface area contributed by atoms with Crippen molar-refractivity contribution in [1.29, 1.82) is 0 Å². The minimum Gasteiger partial charge on any atom is -0.378 e. The monoisotopic (exact) mass is 434 g/mol. The molecule has 0 unspecified atom stereocenters. The molecule has 0 spiro atoms. The number of aromatic nitrogens is 4. The van der Waals surface area contributed by atoms with Crippen LogP contribution in [0.15, 0.2) is 18.5 Å². The first-order valence-corrected chi connectivity index (χ1v) is 13.1. The molecular weight excluding hydrogens is 396 g/mol. The fourth-order valence-electron chi connectivity index (χ4n) is 8.68. The second-order valence-corrected chi connectivity index (χ2v) is 12.1. The highest BCUT2D eigenvalue weighted by Crippen LogP contribution is 2.65. The van der Waals surface area contributed by atoms with Gasteiger partial charge in [0.15, 0.2) is 6.33 Å². The fourth-order valence-corrected chi connectivity index (χ4v) is 8.68. The van der Waals surface area contributed by atoms with E-state index in [0.29, 0.717) is 29.7 Å². The summed E-state index contributed by atoms with van der Waals surface area (Å²) >= 11 is 0. The third kappa shape index (κ3) is 3.54. The Balaban J connectivity index is 1.15. The van der Waals surface area contributed by atoms with E-state index in [1.165, 1.54) is 69.7 Å². The van der Waals surface area contributed by atoms with Crippen molar-refractivity contribution >= 4 is 0 Å². The van der Waals surface area contributed by atoms with Gasteiger partial charge in [0.05, 0.1) is 6.54 Å². The lowest BCUT2D eigenvalue weighted by atomic mass is 9.48. The van der Waals surface area contributed by atoms with Crippen molar-refractivity contribution in [1.82, 2.24) is 20.2 Å². The lowest BCUT2D eigenvalue weighted by molar-refractivity contribution is -0.0875. The van der Waals surface area contributed by atoms with Gasteiger partial charge in [0.2, 0.25) is 0 Å². The van der Waals surface area contributed by atoms with Gasteiger partial charge in [-0.2, -0.15) is 4.80 Å². The van der Waals surface area contributed by atoms with Crippen LogP contribution in [0, 0.1) is 58.7 Å². The largest absolute Gasteiger partial charge is 0.378 e. The maximum atomic E-state index is 11.2. The van der Waals surface area contributed by atoms with E-state index in [2.05, 4.69) is 40.8 Å². The molecule has 5 nitrogen and oxygen atoms in total. The van der Waals surface area contributed by atoms with Gasteiger partial charge in [-0.25, -0.2) is 0 Å². The molecule has 5 heteroatoms. The summed E-state index contributed by atoms with van der Waals surface area (Å²) in [5, 5.41) is 23.3. The maximum absolute atomic E-state index is 11.2. The Morgan fingerprint density at radius 1 is 1.06 bits per heavy atom. The van der Waals surface area contributed by atoms with Crippen LogP contribution in [0.2, 0.25) is 0 Å². The van der Waals surface area contributed by atoms with Gasteiger partial charge in [0.25, 0.3) is 0 Å². The van der Waals surface area contributed by atoms with E-state index in [1.54, 1.807) is 4.80 Å². The number of nitrogens with zero attached hydrogens (tertiary/aromatic N) is 4. The fraction of sp³-hybridized carbons (Fsp3) is 0.815. The summed E-state index contributed by atoms with van der Waals surface area (Å²) in [5.41, 5.74) is 0.958. The van der Waals surface area contributed by atoms with Crippen molar-refractivity contribution in [2.24, 2.45) is 46.8 Å². The Morgan fingerprint density at radius 2 is 1.91 bits per heavy atom. The van der Waals surface area contributed by atoms with Crippen molar-refractivity contribution in [3.05, 3.63) is 18.5 Å². The molecule has 8 atom stereocenters. The predicted octanol–water partition coefficient (Wildman–Crippen LogP) is 4.64. The van der Waals surface area contributed by atoms with E-state index in [1.807, 2.05) is 0 Å². The van der Waals surface area contributed by atoms with Gasteiger partial charge in [-0.1, -0.05) is 30.9 Å². The average Bonchev–Trinajstić information content (AvgIpc) is 3.34. The van der Waals surface area contributed by atoms with Crippen LogP contribution in [0.25, 0.3) is 0 Å². The Bertz CT molecular complexity index is 927. The Labute approximate surface area is 192 Å². The molecule has 172 valence electrons. The van der Waals surface area contributed by atoms with Crippen molar-refractivity contribution in [2.45, 2.75) is 89.7 Å². The van der Waals surface area contributed by atoms with Crippen LogP contribution < -0.4 is 0 Å². The highest BCUT2D eigenvalue weighted by atomic mass is 16.3. The van der Waals surface area contributed by atoms with E-state index >= 15 is 0 Å². The summed E-state index contributed by atoms with van der Waals surface area (Å²) in [6, 6.07) is 0. The molecule has 5 fully saturated rings. The first-order chi connectivity index (χ1) is 15.5. The summed E-state index contributed by atoms with van der Waals surface area (Å²) in [4.78, 5) is 1.69. The number of hydrogen-bond donors (Lipinski definition) is 1. The second kappa shape index (κ2) is 7.69. The van der Waals surface area contributed by atoms with Gasteiger partial charge in [-0.3, -0.25) is 0 Å². The van der Waals surface area contributed by atoms with Gasteiger partial charge in [-0.15, -0.1) is 10.2 Å². The molecule has 32 heavy (non-hydrogen) atoms. The van der Waals surface area contributed by atoms with Gasteiger partial charge in [-0.05, 0) is 117 Å². The summed E-state index contributed by atoms with van der Waals surface area (Å²) in [6.07, 6.45) is 14.9. The summed E-state index contributed by atoms with van der Waals surface area (Å²) in [5.74, 6) is 11.9. The lowest BCUT2D eigenvalue weighted by Gasteiger charge is -2.57. The van der Waals surface area contributed by atoms with Gasteiger partial charge >= 0.3 is 0 Å². The van der Waals surface area contributed by atoms with E-state index in [9.17, 15) is 5.11 Å². The highest BCUT2D eigenvalue weighted by Gasteiger charge is 2.58. The van der Waals surface area contributed by atoms with Crippen LogP contribution in [0.3, 0.4) is 0 Å². The summed E-state index contributed by atoms with van der Waals surface area (Å²) in [6.45, 7) is 7.76. The van der Waals surface area contributed by atoms with Crippen molar-refractivity contribution in [2.75, 3.05) is 0 Å². The zero-order valence-electron chi connectivity index (χ0n) is 19.5. The summed E-state index contributed by atoms with van der Waals surface area (Å²) in [7, 11) is 0.